The smallest absolute Gasteiger partial charge is 0.240 e. The SMILES string of the molecule is CC(=O)CC[C@H](NC(=O)Cc1ccc(F)c(F)c1)C(N)=O. The lowest BCUT2D eigenvalue weighted by Gasteiger charge is -2.14. The van der Waals surface area contributed by atoms with E-state index < -0.39 is 29.5 Å². The summed E-state index contributed by atoms with van der Waals surface area (Å²) in [5.74, 6) is -3.50. The largest absolute Gasteiger partial charge is 0.368 e. The molecular formula is C14H16F2N2O3. The molecule has 1 rings (SSSR count). The number of carbonyl (C=O) groups is 3. The van der Waals surface area contributed by atoms with Crippen molar-refractivity contribution in [3.63, 3.8) is 0 Å². The molecule has 114 valence electrons. The van der Waals surface area contributed by atoms with Crippen LogP contribution in [0, 0.1) is 11.6 Å². The quantitative estimate of drug-likeness (QED) is 0.782. The van der Waals surface area contributed by atoms with Crippen LogP contribution in [0.15, 0.2) is 18.2 Å². The van der Waals surface area contributed by atoms with Gasteiger partial charge < -0.3 is 15.8 Å². The number of ketones is 1. The zero-order chi connectivity index (χ0) is 16.0. The number of carbonyl (C=O) groups excluding carboxylic acids is 3. The van der Waals surface area contributed by atoms with E-state index in [1.807, 2.05) is 0 Å². The summed E-state index contributed by atoms with van der Waals surface area (Å²) in [6, 6.07) is 2.13. The highest BCUT2D eigenvalue weighted by Gasteiger charge is 2.18. The molecule has 0 heterocycles. The van der Waals surface area contributed by atoms with Crippen molar-refractivity contribution in [3.8, 4) is 0 Å². The number of nitrogens with two attached hydrogens (primary N) is 1. The molecule has 3 N–H and O–H groups in total. The van der Waals surface area contributed by atoms with Crippen molar-refractivity contribution in [1.82, 2.24) is 5.32 Å². The lowest BCUT2D eigenvalue weighted by atomic mass is 10.1. The predicted octanol–water partition coefficient (Wildman–Crippen LogP) is 0.847. The van der Waals surface area contributed by atoms with Crippen molar-refractivity contribution in [1.29, 1.82) is 0 Å². The number of Topliss-reactive ketones (excluding diaryl/α,β-unsaturated/α-hetero) is 1. The van der Waals surface area contributed by atoms with Crippen LogP contribution in [0.5, 0.6) is 0 Å². The minimum atomic E-state index is -1.05. The minimum absolute atomic E-state index is 0.105. The van der Waals surface area contributed by atoms with Crippen LogP contribution in [0.4, 0.5) is 8.78 Å². The van der Waals surface area contributed by atoms with Gasteiger partial charge >= 0.3 is 0 Å². The van der Waals surface area contributed by atoms with E-state index in [4.69, 9.17) is 5.73 Å². The van der Waals surface area contributed by atoms with Gasteiger partial charge in [0.05, 0.1) is 6.42 Å². The molecule has 2 amide bonds. The summed E-state index contributed by atoms with van der Waals surface area (Å²) in [4.78, 5) is 33.8. The molecule has 0 spiro atoms. The van der Waals surface area contributed by atoms with Gasteiger partial charge in [-0.15, -0.1) is 0 Å². The van der Waals surface area contributed by atoms with E-state index in [0.717, 1.165) is 12.1 Å². The van der Waals surface area contributed by atoms with E-state index in [9.17, 15) is 23.2 Å². The van der Waals surface area contributed by atoms with Crippen LogP contribution < -0.4 is 11.1 Å². The molecular weight excluding hydrogens is 282 g/mol. The van der Waals surface area contributed by atoms with Gasteiger partial charge in [-0.1, -0.05) is 6.07 Å². The maximum Gasteiger partial charge on any atom is 0.240 e. The molecule has 0 radical (unpaired) electrons. The van der Waals surface area contributed by atoms with Gasteiger partial charge in [-0.3, -0.25) is 9.59 Å². The number of halogens is 2. The number of amides is 2. The van der Waals surface area contributed by atoms with Crippen molar-refractivity contribution in [3.05, 3.63) is 35.4 Å². The number of rotatable bonds is 7. The Bertz CT molecular complexity index is 561. The third-order valence-electron chi connectivity index (χ3n) is 2.81. The molecule has 1 aromatic rings. The van der Waals surface area contributed by atoms with Crippen molar-refractivity contribution in [2.75, 3.05) is 0 Å². The van der Waals surface area contributed by atoms with Crippen LogP contribution in [0.3, 0.4) is 0 Å². The predicted molar refractivity (Wildman–Crippen MR) is 71.1 cm³/mol. The first-order chi connectivity index (χ1) is 9.79. The summed E-state index contributed by atoms with van der Waals surface area (Å²) in [6.45, 7) is 1.36. The average molecular weight is 298 g/mol. The molecule has 0 aliphatic carbocycles. The summed E-state index contributed by atoms with van der Waals surface area (Å²) < 4.78 is 25.8. The number of primary amides is 1. The molecule has 0 fully saturated rings. The Kier molecular flexibility index (Phi) is 5.95. The number of benzene rings is 1. The fourth-order valence-electron chi connectivity index (χ4n) is 1.71. The third kappa shape index (κ3) is 5.68. The second kappa shape index (κ2) is 7.47. The number of nitrogens with one attached hydrogen (secondary N) is 1. The molecule has 0 bridgehead atoms. The molecule has 7 heteroatoms. The summed E-state index contributed by atoms with van der Waals surface area (Å²) in [5, 5.41) is 2.37. The highest BCUT2D eigenvalue weighted by Crippen LogP contribution is 2.09. The maximum absolute atomic E-state index is 13.0. The molecule has 21 heavy (non-hydrogen) atoms. The van der Waals surface area contributed by atoms with Gasteiger partial charge in [0.15, 0.2) is 11.6 Å². The van der Waals surface area contributed by atoms with E-state index in [2.05, 4.69) is 5.32 Å². The Morgan fingerprint density at radius 3 is 2.43 bits per heavy atom. The standard InChI is InChI=1S/C14H16F2N2O3/c1-8(19)2-5-12(14(17)21)18-13(20)7-9-3-4-10(15)11(16)6-9/h3-4,6,12H,2,5,7H2,1H3,(H2,17,21)(H,18,20)/t12-/m0/s1. The third-order valence-corrected chi connectivity index (χ3v) is 2.81. The Labute approximate surface area is 120 Å². The van der Waals surface area contributed by atoms with E-state index in [1.165, 1.54) is 13.0 Å². The molecule has 1 atom stereocenters. The molecule has 5 nitrogen and oxygen atoms in total. The molecule has 0 saturated heterocycles. The van der Waals surface area contributed by atoms with Crippen molar-refractivity contribution in [2.24, 2.45) is 5.73 Å². The molecule has 0 saturated carbocycles. The van der Waals surface area contributed by atoms with Gasteiger partial charge in [0, 0.05) is 6.42 Å². The second-order valence-corrected chi connectivity index (χ2v) is 4.69. The van der Waals surface area contributed by atoms with Crippen LogP contribution in [0.1, 0.15) is 25.3 Å². The maximum atomic E-state index is 13.0. The zero-order valence-corrected chi connectivity index (χ0v) is 11.5. The molecule has 0 aliphatic rings. The lowest BCUT2D eigenvalue weighted by molar-refractivity contribution is -0.127. The number of hydrogen-bond acceptors (Lipinski definition) is 3. The minimum Gasteiger partial charge on any atom is -0.368 e. The second-order valence-electron chi connectivity index (χ2n) is 4.69. The van der Waals surface area contributed by atoms with E-state index in [1.54, 1.807) is 0 Å². The summed E-state index contributed by atoms with van der Waals surface area (Å²) >= 11 is 0. The van der Waals surface area contributed by atoms with Crippen LogP contribution in [-0.2, 0) is 20.8 Å². The van der Waals surface area contributed by atoms with Crippen molar-refractivity contribution >= 4 is 17.6 Å². The first-order valence-electron chi connectivity index (χ1n) is 6.31. The van der Waals surface area contributed by atoms with E-state index in [0.29, 0.717) is 0 Å². The molecule has 1 aromatic carbocycles. The first kappa shape index (κ1) is 16.7. The lowest BCUT2D eigenvalue weighted by Crippen LogP contribution is -2.45. The Hall–Kier alpha value is -2.31. The van der Waals surface area contributed by atoms with Crippen LogP contribution >= 0.6 is 0 Å². The Morgan fingerprint density at radius 2 is 1.90 bits per heavy atom. The topological polar surface area (TPSA) is 89.3 Å². The van der Waals surface area contributed by atoms with Gasteiger partial charge in [0.25, 0.3) is 0 Å². The van der Waals surface area contributed by atoms with Crippen molar-refractivity contribution in [2.45, 2.75) is 32.2 Å². The van der Waals surface area contributed by atoms with Crippen LogP contribution in [0.2, 0.25) is 0 Å². The fourth-order valence-corrected chi connectivity index (χ4v) is 1.71. The average Bonchev–Trinajstić information content (AvgIpc) is 2.38. The molecule has 0 aliphatic heterocycles. The fraction of sp³-hybridized carbons (Fsp3) is 0.357. The van der Waals surface area contributed by atoms with E-state index in [-0.39, 0.29) is 30.6 Å². The first-order valence-corrected chi connectivity index (χ1v) is 6.31. The summed E-state index contributed by atoms with van der Waals surface area (Å²) in [7, 11) is 0. The highest BCUT2D eigenvalue weighted by atomic mass is 19.2. The van der Waals surface area contributed by atoms with Crippen LogP contribution in [-0.4, -0.2) is 23.6 Å². The highest BCUT2D eigenvalue weighted by molar-refractivity contribution is 5.88. The van der Waals surface area contributed by atoms with Gasteiger partial charge in [-0.25, -0.2) is 8.78 Å². The van der Waals surface area contributed by atoms with Gasteiger partial charge in [0.1, 0.15) is 11.8 Å². The monoisotopic (exact) mass is 298 g/mol. The van der Waals surface area contributed by atoms with Crippen LogP contribution in [0.25, 0.3) is 0 Å². The Balaban J connectivity index is 2.62. The molecule has 0 unspecified atom stereocenters. The molecule has 0 aromatic heterocycles. The number of hydrogen-bond donors (Lipinski definition) is 2. The summed E-state index contributed by atoms with van der Waals surface area (Å²) in [5.41, 5.74) is 5.40. The van der Waals surface area contributed by atoms with Gasteiger partial charge in [-0.2, -0.15) is 0 Å². The summed E-state index contributed by atoms with van der Waals surface area (Å²) in [6.07, 6.45) is -0.00565. The van der Waals surface area contributed by atoms with Gasteiger partial charge in [-0.05, 0) is 31.0 Å². The van der Waals surface area contributed by atoms with Crippen molar-refractivity contribution < 1.29 is 23.2 Å². The Morgan fingerprint density at radius 1 is 1.24 bits per heavy atom. The normalized spacial score (nSPS) is 11.8. The zero-order valence-electron chi connectivity index (χ0n) is 11.5. The van der Waals surface area contributed by atoms with E-state index >= 15 is 0 Å². The van der Waals surface area contributed by atoms with Gasteiger partial charge in [0.2, 0.25) is 11.8 Å².